The summed E-state index contributed by atoms with van der Waals surface area (Å²) in [4.78, 5) is 4.43. The molecule has 3 aromatic rings. The molecule has 0 spiro atoms. The number of aromatic nitrogens is 2. The molecule has 1 aliphatic carbocycles. The van der Waals surface area contributed by atoms with Gasteiger partial charge in [0, 0.05) is 22.5 Å². The number of alkyl halides is 6. The topological polar surface area (TPSA) is 17.8 Å². The minimum Gasteiger partial charge on any atom is -0.298 e. The van der Waals surface area contributed by atoms with Gasteiger partial charge in [0.2, 0.25) is 0 Å². The van der Waals surface area contributed by atoms with Gasteiger partial charge >= 0.3 is 12.4 Å². The molecular formula is C22H16F6N2S. The Bertz CT molecular complexity index is 1150. The highest BCUT2D eigenvalue weighted by atomic mass is 32.1. The number of fused-ring (bicyclic) bond motifs is 1. The molecule has 0 fully saturated rings. The van der Waals surface area contributed by atoms with Gasteiger partial charge in [-0.05, 0) is 43.9 Å². The molecule has 1 heterocycles. The summed E-state index contributed by atoms with van der Waals surface area (Å²) in [5.74, 6) is 0.221. The van der Waals surface area contributed by atoms with E-state index in [4.69, 9.17) is 12.2 Å². The van der Waals surface area contributed by atoms with E-state index in [-0.39, 0.29) is 17.6 Å². The molecule has 1 aliphatic rings. The number of rotatable bonds is 2. The summed E-state index contributed by atoms with van der Waals surface area (Å²) in [5, 5.41) is 0. The van der Waals surface area contributed by atoms with Crippen molar-refractivity contribution in [2.24, 2.45) is 0 Å². The Morgan fingerprint density at radius 3 is 1.97 bits per heavy atom. The van der Waals surface area contributed by atoms with Crippen molar-refractivity contribution in [3.63, 3.8) is 0 Å². The van der Waals surface area contributed by atoms with E-state index in [1.165, 1.54) is 4.57 Å². The highest BCUT2D eigenvalue weighted by molar-refractivity contribution is 7.71. The zero-order valence-electron chi connectivity index (χ0n) is 16.0. The molecule has 0 radical (unpaired) electrons. The van der Waals surface area contributed by atoms with E-state index in [0.29, 0.717) is 34.3 Å². The molecule has 0 amide bonds. The standard InChI is InChI=1S/C22H16F6N2S/c23-21(24,25)14-10-15(22(26,27)28)12-16(11-14)30-18-9-5-4-8-17(18)20(31)29-19(30)13-6-2-1-3-7-13/h1-3,6-7,10-12H,4-5,8-9H2. The minimum absolute atomic E-state index is 0.133. The third-order valence-corrected chi connectivity index (χ3v) is 5.59. The van der Waals surface area contributed by atoms with Crippen LogP contribution < -0.4 is 0 Å². The van der Waals surface area contributed by atoms with Crippen molar-refractivity contribution >= 4 is 12.2 Å². The molecule has 162 valence electrons. The SMILES string of the molecule is FC(F)(F)c1cc(-n2c(-c3ccccc3)nc(=S)c3c2CCCC3)cc(C(F)(F)F)c1. The lowest BCUT2D eigenvalue weighted by Crippen LogP contribution is -2.19. The van der Waals surface area contributed by atoms with E-state index in [0.717, 1.165) is 25.0 Å². The van der Waals surface area contributed by atoms with Crippen LogP contribution in [0.3, 0.4) is 0 Å². The molecule has 1 aromatic heterocycles. The van der Waals surface area contributed by atoms with Gasteiger partial charge in [-0.2, -0.15) is 26.3 Å². The van der Waals surface area contributed by atoms with Gasteiger partial charge in [0.05, 0.1) is 11.1 Å². The first-order chi connectivity index (χ1) is 14.6. The lowest BCUT2D eigenvalue weighted by molar-refractivity contribution is -0.143. The van der Waals surface area contributed by atoms with Crippen LogP contribution in [0.5, 0.6) is 0 Å². The summed E-state index contributed by atoms with van der Waals surface area (Å²) in [6, 6.07) is 10.2. The second kappa shape index (κ2) is 7.78. The molecule has 0 unspecified atom stereocenters. The smallest absolute Gasteiger partial charge is 0.298 e. The fourth-order valence-electron chi connectivity index (χ4n) is 3.83. The minimum atomic E-state index is -4.94. The average molecular weight is 454 g/mol. The van der Waals surface area contributed by atoms with Gasteiger partial charge in [-0.3, -0.25) is 4.57 Å². The monoisotopic (exact) mass is 454 g/mol. The molecule has 0 atom stereocenters. The Morgan fingerprint density at radius 2 is 1.39 bits per heavy atom. The van der Waals surface area contributed by atoms with Gasteiger partial charge in [-0.1, -0.05) is 42.5 Å². The van der Waals surface area contributed by atoms with Crippen LogP contribution in [-0.4, -0.2) is 9.55 Å². The quantitative estimate of drug-likeness (QED) is 0.301. The Labute approximate surface area is 179 Å². The third kappa shape index (κ3) is 4.23. The van der Waals surface area contributed by atoms with Crippen LogP contribution in [0.25, 0.3) is 17.1 Å². The Morgan fingerprint density at radius 1 is 0.806 bits per heavy atom. The maximum absolute atomic E-state index is 13.5. The van der Waals surface area contributed by atoms with Crippen molar-refractivity contribution in [3.8, 4) is 17.1 Å². The predicted molar refractivity (Wildman–Crippen MR) is 106 cm³/mol. The molecule has 2 nitrogen and oxygen atoms in total. The lowest BCUT2D eigenvalue weighted by Gasteiger charge is -2.26. The summed E-state index contributed by atoms with van der Waals surface area (Å²) in [5.41, 5.74) is -1.11. The van der Waals surface area contributed by atoms with E-state index >= 15 is 0 Å². The molecule has 0 saturated heterocycles. The fourth-order valence-corrected chi connectivity index (χ4v) is 4.14. The number of hydrogen-bond acceptors (Lipinski definition) is 2. The van der Waals surface area contributed by atoms with Crippen molar-refractivity contribution < 1.29 is 26.3 Å². The highest BCUT2D eigenvalue weighted by Crippen LogP contribution is 2.39. The van der Waals surface area contributed by atoms with Crippen molar-refractivity contribution in [3.05, 3.63) is 75.6 Å². The van der Waals surface area contributed by atoms with Gasteiger partial charge in [0.25, 0.3) is 0 Å². The number of nitrogens with zero attached hydrogens (tertiary/aromatic N) is 2. The predicted octanol–water partition coefficient (Wildman–Crippen LogP) is 7.19. The van der Waals surface area contributed by atoms with Crippen LogP contribution in [0.4, 0.5) is 26.3 Å². The summed E-state index contributed by atoms with van der Waals surface area (Å²) in [6.45, 7) is 0. The Hall–Kier alpha value is -2.68. The first-order valence-electron chi connectivity index (χ1n) is 9.56. The zero-order valence-corrected chi connectivity index (χ0v) is 16.8. The number of benzene rings is 2. The van der Waals surface area contributed by atoms with Crippen LogP contribution in [0.15, 0.2) is 48.5 Å². The van der Waals surface area contributed by atoms with Gasteiger partial charge in [-0.25, -0.2) is 4.98 Å². The molecule has 0 bridgehead atoms. The van der Waals surface area contributed by atoms with Crippen molar-refractivity contribution in [1.29, 1.82) is 0 Å². The molecule has 0 saturated carbocycles. The summed E-state index contributed by atoms with van der Waals surface area (Å²) >= 11 is 5.42. The van der Waals surface area contributed by atoms with Crippen LogP contribution in [-0.2, 0) is 25.2 Å². The average Bonchev–Trinajstić information content (AvgIpc) is 2.73. The van der Waals surface area contributed by atoms with E-state index < -0.39 is 23.5 Å². The molecule has 31 heavy (non-hydrogen) atoms. The molecule has 0 aliphatic heterocycles. The second-order valence-corrected chi connectivity index (χ2v) is 7.73. The molecular weight excluding hydrogens is 438 g/mol. The molecule has 9 heteroatoms. The van der Waals surface area contributed by atoms with Crippen LogP contribution in [0, 0.1) is 4.64 Å². The van der Waals surface area contributed by atoms with Crippen molar-refractivity contribution in [1.82, 2.24) is 9.55 Å². The molecule has 2 aromatic carbocycles. The van der Waals surface area contributed by atoms with Crippen molar-refractivity contribution in [2.75, 3.05) is 0 Å². The lowest BCUT2D eigenvalue weighted by atomic mass is 9.96. The van der Waals surface area contributed by atoms with E-state index in [9.17, 15) is 26.3 Å². The third-order valence-electron chi connectivity index (χ3n) is 5.25. The van der Waals surface area contributed by atoms with Gasteiger partial charge in [0.15, 0.2) is 0 Å². The first kappa shape index (κ1) is 21.5. The van der Waals surface area contributed by atoms with Crippen molar-refractivity contribution in [2.45, 2.75) is 38.0 Å². The van der Waals surface area contributed by atoms with Gasteiger partial charge in [0.1, 0.15) is 10.5 Å². The molecule has 4 rings (SSSR count). The number of hydrogen-bond donors (Lipinski definition) is 0. The number of halogens is 6. The Kier molecular flexibility index (Phi) is 5.41. The molecule has 0 N–H and O–H groups in total. The van der Waals surface area contributed by atoms with Gasteiger partial charge < -0.3 is 0 Å². The first-order valence-corrected chi connectivity index (χ1v) is 9.96. The second-order valence-electron chi connectivity index (χ2n) is 7.34. The maximum Gasteiger partial charge on any atom is 0.416 e. The van der Waals surface area contributed by atoms with E-state index in [1.807, 2.05) is 0 Å². The largest absolute Gasteiger partial charge is 0.416 e. The summed E-state index contributed by atoms with van der Waals surface area (Å²) in [6.07, 6.45) is -7.21. The van der Waals surface area contributed by atoms with Crippen LogP contribution >= 0.6 is 12.2 Å². The summed E-state index contributed by atoms with van der Waals surface area (Å²) in [7, 11) is 0. The highest BCUT2D eigenvalue weighted by Gasteiger charge is 2.37. The summed E-state index contributed by atoms with van der Waals surface area (Å²) < 4.78 is 82.6. The maximum atomic E-state index is 13.5. The van der Waals surface area contributed by atoms with Crippen LogP contribution in [0.1, 0.15) is 35.2 Å². The van der Waals surface area contributed by atoms with E-state index in [2.05, 4.69) is 4.98 Å². The van der Waals surface area contributed by atoms with E-state index in [1.54, 1.807) is 30.3 Å². The zero-order chi connectivity index (χ0) is 22.4. The van der Waals surface area contributed by atoms with Crippen LogP contribution in [0.2, 0.25) is 0 Å². The fraction of sp³-hybridized carbons (Fsp3) is 0.273. The normalized spacial score (nSPS) is 14.4. The van der Waals surface area contributed by atoms with Gasteiger partial charge in [-0.15, -0.1) is 0 Å². The Balaban J connectivity index is 2.09.